The molecule has 4 heteroatoms. The number of aliphatic hydroxyl groups excluding tert-OH is 1. The Morgan fingerprint density at radius 3 is 2.33 bits per heavy atom. The highest BCUT2D eigenvalue weighted by Gasteiger charge is 2.22. The van der Waals surface area contributed by atoms with Crippen LogP contribution in [-0.2, 0) is 4.84 Å². The molecule has 0 saturated carbocycles. The highest BCUT2D eigenvalue weighted by molar-refractivity contribution is 5.33. The first-order chi connectivity index (χ1) is 8.39. The molecule has 0 aliphatic rings. The zero-order valence-corrected chi connectivity index (χ0v) is 11.5. The van der Waals surface area contributed by atoms with Crippen LogP contribution < -0.4 is 0 Å². The van der Waals surface area contributed by atoms with Crippen LogP contribution >= 0.6 is 0 Å². The lowest BCUT2D eigenvalue weighted by Gasteiger charge is -2.25. The second-order valence-electron chi connectivity index (χ2n) is 5.27. The molecule has 1 rings (SSSR count). The summed E-state index contributed by atoms with van der Waals surface area (Å²) in [5.74, 6) is 0. The molecular formula is C14H22NO3+. The maximum absolute atomic E-state index is 11.2. The molecule has 1 N–H and O–H groups in total. The molecule has 4 nitrogen and oxygen atoms in total. The summed E-state index contributed by atoms with van der Waals surface area (Å²) < 4.78 is 0. The van der Waals surface area contributed by atoms with E-state index < -0.39 is 6.10 Å². The van der Waals surface area contributed by atoms with Crippen molar-refractivity contribution < 1.29 is 14.9 Å². The molecule has 0 amide bonds. The van der Waals surface area contributed by atoms with Crippen molar-refractivity contribution in [2.24, 2.45) is 5.41 Å². The molecular weight excluding hydrogens is 230 g/mol. The lowest BCUT2D eigenvalue weighted by atomic mass is 9.82. The van der Waals surface area contributed by atoms with Gasteiger partial charge in [-0.1, -0.05) is 27.2 Å². The molecule has 0 bridgehead atoms. The fraction of sp³-hybridized carbons (Fsp3) is 0.571. The van der Waals surface area contributed by atoms with Gasteiger partial charge in [-0.2, -0.15) is 0 Å². The lowest BCUT2D eigenvalue weighted by Crippen LogP contribution is -2.14. The van der Waals surface area contributed by atoms with E-state index in [0.29, 0.717) is 17.0 Å². The Labute approximate surface area is 108 Å². The van der Waals surface area contributed by atoms with E-state index in [4.69, 9.17) is 0 Å². The van der Waals surface area contributed by atoms with Gasteiger partial charge in [0.05, 0.1) is 11.0 Å². The van der Waals surface area contributed by atoms with Crippen molar-refractivity contribution in [2.45, 2.75) is 39.7 Å². The van der Waals surface area contributed by atoms with E-state index in [9.17, 15) is 10.0 Å². The van der Waals surface area contributed by atoms with Gasteiger partial charge < -0.3 is 5.11 Å². The van der Waals surface area contributed by atoms with E-state index in [2.05, 4.69) is 25.6 Å². The molecule has 1 aromatic carbocycles. The van der Waals surface area contributed by atoms with Crippen LogP contribution in [0.5, 0.6) is 0 Å². The Hall–Kier alpha value is -1.42. The SMILES string of the molecule is CCC(C)(C)CC(O)c1ccc([N+](=O)OC)cc1. The third-order valence-electron chi connectivity index (χ3n) is 3.36. The fourth-order valence-electron chi connectivity index (χ4n) is 1.71. The van der Waals surface area contributed by atoms with Crippen LogP contribution in [0.3, 0.4) is 0 Å². The van der Waals surface area contributed by atoms with E-state index in [0.717, 1.165) is 12.0 Å². The third-order valence-corrected chi connectivity index (χ3v) is 3.36. The van der Waals surface area contributed by atoms with Gasteiger partial charge >= 0.3 is 5.69 Å². The van der Waals surface area contributed by atoms with Gasteiger partial charge in [-0.05, 0) is 29.5 Å². The summed E-state index contributed by atoms with van der Waals surface area (Å²) in [5.41, 5.74) is 1.35. The first kappa shape index (κ1) is 14.6. The quantitative estimate of drug-likeness (QED) is 0.788. The second kappa shape index (κ2) is 5.96. The number of rotatable bonds is 6. The van der Waals surface area contributed by atoms with Gasteiger partial charge in [-0.3, -0.25) is 0 Å². The van der Waals surface area contributed by atoms with Crippen LogP contribution in [0.15, 0.2) is 24.3 Å². The monoisotopic (exact) mass is 252 g/mol. The van der Waals surface area contributed by atoms with E-state index in [1.54, 1.807) is 24.3 Å². The number of aliphatic hydroxyl groups is 1. The summed E-state index contributed by atoms with van der Waals surface area (Å²) in [6.07, 6.45) is 1.21. The normalized spacial score (nSPS) is 13.2. The van der Waals surface area contributed by atoms with Crippen LogP contribution in [0.25, 0.3) is 0 Å². The van der Waals surface area contributed by atoms with Crippen LogP contribution in [0, 0.1) is 10.3 Å². The molecule has 0 radical (unpaired) electrons. The molecule has 0 spiro atoms. The molecule has 0 aliphatic carbocycles. The standard InChI is InChI=1S/C14H22NO3/c1-5-14(2,3)10-13(16)11-6-8-12(9-7-11)15(17)18-4/h6-9,13,16H,5,10H2,1-4H3/q+1. The summed E-state index contributed by atoms with van der Waals surface area (Å²) >= 11 is 0. The van der Waals surface area contributed by atoms with Crippen molar-refractivity contribution in [1.82, 2.24) is 0 Å². The van der Waals surface area contributed by atoms with Crippen molar-refractivity contribution in [3.8, 4) is 0 Å². The average Bonchev–Trinajstić information content (AvgIpc) is 2.37. The summed E-state index contributed by atoms with van der Waals surface area (Å²) in [6.45, 7) is 6.38. The molecule has 18 heavy (non-hydrogen) atoms. The van der Waals surface area contributed by atoms with E-state index in [-0.39, 0.29) is 5.41 Å². The van der Waals surface area contributed by atoms with E-state index >= 15 is 0 Å². The minimum absolute atomic E-state index is 0.106. The summed E-state index contributed by atoms with van der Waals surface area (Å²) in [4.78, 5) is 16.2. The number of hydrogen-bond donors (Lipinski definition) is 1. The molecule has 1 aromatic rings. The summed E-state index contributed by atoms with van der Waals surface area (Å²) in [7, 11) is 1.32. The predicted octanol–water partition coefficient (Wildman–Crippen LogP) is 3.52. The molecule has 100 valence electrons. The van der Waals surface area contributed by atoms with Gasteiger partial charge in [0.25, 0.3) is 4.92 Å². The van der Waals surface area contributed by atoms with Crippen molar-refractivity contribution in [3.63, 3.8) is 0 Å². The van der Waals surface area contributed by atoms with Crippen molar-refractivity contribution in [2.75, 3.05) is 7.11 Å². The Kier molecular flexibility index (Phi) is 4.84. The van der Waals surface area contributed by atoms with Crippen LogP contribution in [0.4, 0.5) is 5.69 Å². The van der Waals surface area contributed by atoms with Crippen molar-refractivity contribution >= 4 is 5.69 Å². The van der Waals surface area contributed by atoms with Gasteiger partial charge in [-0.15, -0.1) is 0 Å². The van der Waals surface area contributed by atoms with Gasteiger partial charge in [0.1, 0.15) is 0 Å². The minimum atomic E-state index is -0.503. The smallest absolute Gasteiger partial charge is 0.316 e. The summed E-state index contributed by atoms with van der Waals surface area (Å²) in [6, 6.07) is 6.81. The first-order valence-electron chi connectivity index (χ1n) is 6.19. The lowest BCUT2D eigenvalue weighted by molar-refractivity contribution is -0.736. The van der Waals surface area contributed by atoms with Crippen LogP contribution in [0.2, 0.25) is 0 Å². The Bertz CT molecular complexity index is 398. The maximum atomic E-state index is 11.2. The molecule has 1 unspecified atom stereocenters. The van der Waals surface area contributed by atoms with Crippen molar-refractivity contribution in [3.05, 3.63) is 34.7 Å². The third kappa shape index (κ3) is 3.81. The maximum Gasteiger partial charge on any atom is 0.316 e. The van der Waals surface area contributed by atoms with E-state index in [1.807, 2.05) is 0 Å². The summed E-state index contributed by atoms with van der Waals surface area (Å²) in [5, 5.41) is 10.2. The van der Waals surface area contributed by atoms with Crippen molar-refractivity contribution in [1.29, 1.82) is 0 Å². The largest absolute Gasteiger partial charge is 0.388 e. The van der Waals surface area contributed by atoms with E-state index in [1.165, 1.54) is 7.11 Å². The topological polar surface area (TPSA) is 49.5 Å². The average molecular weight is 252 g/mol. The zero-order valence-electron chi connectivity index (χ0n) is 11.5. The van der Waals surface area contributed by atoms with Crippen LogP contribution in [0.1, 0.15) is 45.3 Å². The molecule has 1 atom stereocenters. The zero-order chi connectivity index (χ0) is 13.8. The molecule has 0 saturated heterocycles. The second-order valence-corrected chi connectivity index (χ2v) is 5.27. The Morgan fingerprint density at radius 1 is 1.33 bits per heavy atom. The fourth-order valence-corrected chi connectivity index (χ4v) is 1.71. The van der Waals surface area contributed by atoms with Gasteiger partial charge in [0.2, 0.25) is 0 Å². The Morgan fingerprint density at radius 2 is 1.89 bits per heavy atom. The highest BCUT2D eigenvalue weighted by Crippen LogP contribution is 2.32. The molecule has 0 aromatic heterocycles. The minimum Gasteiger partial charge on any atom is -0.388 e. The number of nitrogens with zero attached hydrogens (tertiary/aromatic N) is 1. The molecule has 0 aliphatic heterocycles. The number of hydrogen-bond acceptors (Lipinski definition) is 3. The highest BCUT2D eigenvalue weighted by atomic mass is 16.8. The Balaban J connectivity index is 2.76. The molecule has 0 fully saturated rings. The van der Waals surface area contributed by atoms with Gasteiger partial charge in [-0.25, -0.2) is 4.84 Å². The molecule has 0 heterocycles. The predicted molar refractivity (Wildman–Crippen MR) is 70.4 cm³/mol. The van der Waals surface area contributed by atoms with Crippen LogP contribution in [-0.4, -0.2) is 17.1 Å². The number of benzene rings is 1. The van der Waals surface area contributed by atoms with Gasteiger partial charge in [0, 0.05) is 12.1 Å². The van der Waals surface area contributed by atoms with Gasteiger partial charge in [0.15, 0.2) is 7.11 Å². The first-order valence-corrected chi connectivity index (χ1v) is 6.19.